The zero-order valence-corrected chi connectivity index (χ0v) is 13.9. The van der Waals surface area contributed by atoms with Crippen LogP contribution >= 0.6 is 23.2 Å². The maximum atomic E-state index is 12.5. The van der Waals surface area contributed by atoms with E-state index >= 15 is 0 Å². The van der Waals surface area contributed by atoms with Crippen LogP contribution in [0.4, 0.5) is 0 Å². The lowest BCUT2D eigenvalue weighted by molar-refractivity contribution is 0.310. The first-order valence-corrected chi connectivity index (χ1v) is 9.04. The van der Waals surface area contributed by atoms with Crippen molar-refractivity contribution in [1.29, 1.82) is 0 Å². The lowest BCUT2D eigenvalue weighted by Gasteiger charge is -2.29. The third-order valence-corrected chi connectivity index (χ3v) is 6.53. The van der Waals surface area contributed by atoms with Gasteiger partial charge in [-0.05, 0) is 43.4 Å². The maximum Gasteiger partial charge on any atom is 0.242 e. The monoisotopic (exact) mass is 335 g/mol. The summed E-state index contributed by atoms with van der Waals surface area (Å²) in [5, 5.41) is 0.674. The average molecular weight is 336 g/mol. The normalized spacial score (nSPS) is 23.8. The topological polar surface area (TPSA) is 46.2 Å². The molecule has 1 aliphatic carbocycles. The minimum atomic E-state index is -3.60. The summed E-state index contributed by atoms with van der Waals surface area (Å²) in [6.07, 6.45) is 4.16. The number of benzene rings is 1. The van der Waals surface area contributed by atoms with Gasteiger partial charge in [-0.2, -0.15) is 0 Å². The Bertz CT molecular complexity index is 601. The second kappa shape index (κ2) is 6.22. The molecule has 1 aromatic rings. The molecule has 2 atom stereocenters. The minimum absolute atomic E-state index is 0.0131. The van der Waals surface area contributed by atoms with Crippen LogP contribution in [-0.2, 0) is 10.0 Å². The summed E-state index contributed by atoms with van der Waals surface area (Å²) in [5.74, 6) is 0.352. The van der Waals surface area contributed by atoms with E-state index in [0.29, 0.717) is 16.5 Å². The van der Waals surface area contributed by atoms with Crippen LogP contribution in [0.5, 0.6) is 0 Å². The molecular weight excluding hydrogens is 317 g/mol. The molecule has 0 bridgehead atoms. The van der Waals surface area contributed by atoms with Crippen LogP contribution in [0, 0.1) is 12.8 Å². The number of halogens is 2. The van der Waals surface area contributed by atoms with Crippen molar-refractivity contribution in [3.63, 3.8) is 0 Å². The summed E-state index contributed by atoms with van der Waals surface area (Å²) in [5.41, 5.74) is 0.591. The summed E-state index contributed by atoms with van der Waals surface area (Å²) < 4.78 is 27.8. The smallest absolute Gasteiger partial charge is 0.208 e. The molecule has 3 nitrogen and oxygen atoms in total. The van der Waals surface area contributed by atoms with Crippen molar-refractivity contribution in [2.24, 2.45) is 5.92 Å². The summed E-state index contributed by atoms with van der Waals surface area (Å²) in [4.78, 5) is 0.110. The van der Waals surface area contributed by atoms with Gasteiger partial charge in [0.2, 0.25) is 10.0 Å². The van der Waals surface area contributed by atoms with Crippen molar-refractivity contribution < 1.29 is 8.42 Å². The van der Waals surface area contributed by atoms with Gasteiger partial charge in [0.1, 0.15) is 4.90 Å². The highest BCUT2D eigenvalue weighted by Gasteiger charge is 2.28. The lowest BCUT2D eigenvalue weighted by atomic mass is 9.87. The van der Waals surface area contributed by atoms with Gasteiger partial charge in [0.15, 0.2) is 0 Å². The van der Waals surface area contributed by atoms with Gasteiger partial charge >= 0.3 is 0 Å². The Morgan fingerprint density at radius 1 is 1.20 bits per heavy atom. The molecular formula is C14H19Cl2NO2S. The molecule has 0 aromatic heterocycles. The van der Waals surface area contributed by atoms with Crippen molar-refractivity contribution in [1.82, 2.24) is 4.72 Å². The number of sulfonamides is 1. The van der Waals surface area contributed by atoms with Crippen LogP contribution in [0.25, 0.3) is 0 Å². The molecule has 0 aliphatic heterocycles. The van der Waals surface area contributed by atoms with E-state index < -0.39 is 10.0 Å². The largest absolute Gasteiger partial charge is 0.242 e. The standard InChI is InChI=1S/C14H19Cl2NO2S/c1-9-5-3-4-6-12(9)17-20(18,19)13-8-7-11(15)10(2)14(13)16/h7-9,12,17H,3-6H2,1-2H3/t9-,12-/m0/s1. The van der Waals surface area contributed by atoms with Crippen LogP contribution < -0.4 is 4.72 Å². The second-order valence-electron chi connectivity index (χ2n) is 5.47. The lowest BCUT2D eigenvalue weighted by Crippen LogP contribution is -2.41. The first kappa shape index (κ1) is 16.1. The molecule has 1 aliphatic rings. The van der Waals surface area contributed by atoms with E-state index in [9.17, 15) is 8.42 Å². The second-order valence-corrected chi connectivity index (χ2v) is 7.94. The van der Waals surface area contributed by atoms with Crippen molar-refractivity contribution in [3.05, 3.63) is 27.7 Å². The highest BCUT2D eigenvalue weighted by molar-refractivity contribution is 7.89. The Balaban J connectivity index is 2.29. The van der Waals surface area contributed by atoms with Crippen molar-refractivity contribution >= 4 is 33.2 Å². The van der Waals surface area contributed by atoms with Crippen LogP contribution in [0.15, 0.2) is 17.0 Å². The van der Waals surface area contributed by atoms with E-state index in [2.05, 4.69) is 11.6 Å². The predicted molar refractivity (Wildman–Crippen MR) is 82.9 cm³/mol. The van der Waals surface area contributed by atoms with Gasteiger partial charge in [-0.15, -0.1) is 0 Å². The first-order valence-electron chi connectivity index (χ1n) is 6.80. The zero-order chi connectivity index (χ0) is 14.9. The van der Waals surface area contributed by atoms with Gasteiger partial charge in [0.25, 0.3) is 0 Å². The molecule has 0 heterocycles. The molecule has 6 heteroatoms. The SMILES string of the molecule is Cc1c(Cl)ccc(S(=O)(=O)N[C@H]2CCCC[C@@H]2C)c1Cl. The van der Waals surface area contributed by atoms with Gasteiger partial charge in [-0.3, -0.25) is 0 Å². The van der Waals surface area contributed by atoms with E-state index in [-0.39, 0.29) is 16.0 Å². The molecule has 0 saturated heterocycles. The van der Waals surface area contributed by atoms with Crippen LogP contribution in [0.2, 0.25) is 10.0 Å². The van der Waals surface area contributed by atoms with Gasteiger partial charge < -0.3 is 0 Å². The van der Waals surface area contributed by atoms with Gasteiger partial charge in [-0.1, -0.05) is 43.0 Å². The molecule has 0 amide bonds. The Morgan fingerprint density at radius 3 is 2.50 bits per heavy atom. The maximum absolute atomic E-state index is 12.5. The molecule has 1 aromatic carbocycles. The minimum Gasteiger partial charge on any atom is -0.208 e. The highest BCUT2D eigenvalue weighted by atomic mass is 35.5. The molecule has 20 heavy (non-hydrogen) atoms. The summed E-state index contributed by atoms with van der Waals surface area (Å²) >= 11 is 12.1. The quantitative estimate of drug-likeness (QED) is 0.901. The molecule has 2 rings (SSSR count). The van der Waals surface area contributed by atoms with Crippen LogP contribution in [-0.4, -0.2) is 14.5 Å². The van der Waals surface area contributed by atoms with Crippen LogP contribution in [0.3, 0.4) is 0 Å². The number of rotatable bonds is 3. The van der Waals surface area contributed by atoms with Crippen molar-refractivity contribution in [3.8, 4) is 0 Å². The van der Waals surface area contributed by atoms with Gasteiger partial charge in [0.05, 0.1) is 5.02 Å². The Hall–Kier alpha value is -0.290. The number of nitrogens with one attached hydrogen (secondary N) is 1. The molecule has 1 saturated carbocycles. The highest BCUT2D eigenvalue weighted by Crippen LogP contribution is 2.31. The van der Waals surface area contributed by atoms with Gasteiger partial charge in [0, 0.05) is 11.1 Å². The Kier molecular flexibility index (Phi) is 5.00. The first-order chi connectivity index (χ1) is 9.33. The molecule has 1 fully saturated rings. The van der Waals surface area contributed by atoms with E-state index in [4.69, 9.17) is 23.2 Å². The fourth-order valence-corrected chi connectivity index (χ4v) is 4.79. The summed E-state index contributed by atoms with van der Waals surface area (Å²) in [6, 6.07) is 3.02. The molecule has 0 spiro atoms. The fourth-order valence-electron chi connectivity index (χ4n) is 2.60. The van der Waals surface area contributed by atoms with E-state index in [1.807, 2.05) is 0 Å². The molecule has 112 valence electrons. The van der Waals surface area contributed by atoms with E-state index in [1.54, 1.807) is 13.0 Å². The van der Waals surface area contributed by atoms with E-state index in [1.165, 1.54) is 12.5 Å². The summed E-state index contributed by atoms with van der Waals surface area (Å²) in [7, 11) is -3.60. The summed E-state index contributed by atoms with van der Waals surface area (Å²) in [6.45, 7) is 3.80. The molecule has 1 N–H and O–H groups in total. The van der Waals surface area contributed by atoms with E-state index in [0.717, 1.165) is 19.3 Å². The van der Waals surface area contributed by atoms with Crippen LogP contribution in [0.1, 0.15) is 38.2 Å². The molecule has 0 unspecified atom stereocenters. The van der Waals surface area contributed by atoms with Crippen molar-refractivity contribution in [2.75, 3.05) is 0 Å². The fraction of sp³-hybridized carbons (Fsp3) is 0.571. The Labute approximate surface area is 130 Å². The van der Waals surface area contributed by atoms with Crippen molar-refractivity contribution in [2.45, 2.75) is 50.5 Å². The predicted octanol–water partition coefficient (Wildman–Crippen LogP) is 4.16. The third-order valence-electron chi connectivity index (χ3n) is 3.99. The molecule has 0 radical (unpaired) electrons. The number of hydrogen-bond donors (Lipinski definition) is 1. The average Bonchev–Trinajstić information content (AvgIpc) is 2.38. The Morgan fingerprint density at radius 2 is 1.85 bits per heavy atom. The zero-order valence-electron chi connectivity index (χ0n) is 11.6. The third kappa shape index (κ3) is 3.30. The van der Waals surface area contributed by atoms with Gasteiger partial charge in [-0.25, -0.2) is 13.1 Å². The number of hydrogen-bond acceptors (Lipinski definition) is 2.